The third-order valence-corrected chi connectivity index (χ3v) is 4.96. The van der Waals surface area contributed by atoms with Gasteiger partial charge in [-0.25, -0.2) is 9.97 Å². The Bertz CT molecular complexity index is 755. The van der Waals surface area contributed by atoms with E-state index in [4.69, 9.17) is 4.74 Å². The van der Waals surface area contributed by atoms with Crippen LogP contribution in [-0.4, -0.2) is 35.6 Å². The van der Waals surface area contributed by atoms with Crippen LogP contribution in [0.5, 0.6) is 5.75 Å². The van der Waals surface area contributed by atoms with Crippen LogP contribution >= 0.6 is 0 Å². The number of anilines is 1. The van der Waals surface area contributed by atoms with Crippen LogP contribution in [0.2, 0.25) is 0 Å². The topological polar surface area (TPSA) is 76.1 Å². The number of hydrogen-bond acceptors (Lipinski definition) is 5. The minimum Gasteiger partial charge on any atom is -0.497 e. The van der Waals surface area contributed by atoms with E-state index < -0.39 is 0 Å². The van der Waals surface area contributed by atoms with Gasteiger partial charge in [-0.05, 0) is 43.9 Å². The predicted molar refractivity (Wildman–Crippen MR) is 106 cm³/mol. The first-order chi connectivity index (χ1) is 13.2. The summed E-state index contributed by atoms with van der Waals surface area (Å²) in [5.74, 6) is 2.01. The lowest BCUT2D eigenvalue weighted by Crippen LogP contribution is -2.29. The Morgan fingerprint density at radius 3 is 2.63 bits per heavy atom. The van der Waals surface area contributed by atoms with E-state index in [2.05, 4.69) is 20.6 Å². The van der Waals surface area contributed by atoms with Crippen LogP contribution in [0.1, 0.15) is 53.8 Å². The maximum absolute atomic E-state index is 12.7. The molecule has 2 aromatic rings. The van der Waals surface area contributed by atoms with E-state index in [9.17, 15) is 4.79 Å². The molecule has 0 spiro atoms. The van der Waals surface area contributed by atoms with E-state index in [-0.39, 0.29) is 5.91 Å². The van der Waals surface area contributed by atoms with E-state index in [0.717, 1.165) is 30.6 Å². The lowest BCUT2D eigenvalue weighted by Gasteiger charge is -2.24. The maximum Gasteiger partial charge on any atom is 0.256 e. The second kappa shape index (κ2) is 9.35. The first kappa shape index (κ1) is 19.1. The summed E-state index contributed by atoms with van der Waals surface area (Å²) in [6, 6.07) is 8.26. The van der Waals surface area contributed by atoms with Crippen molar-refractivity contribution in [3.05, 3.63) is 47.4 Å². The van der Waals surface area contributed by atoms with E-state index in [0.29, 0.717) is 29.8 Å². The summed E-state index contributed by atoms with van der Waals surface area (Å²) >= 11 is 0. The Hall–Kier alpha value is -2.63. The highest BCUT2D eigenvalue weighted by Gasteiger charge is 2.19. The molecule has 1 fully saturated rings. The van der Waals surface area contributed by atoms with Crippen molar-refractivity contribution >= 4 is 11.7 Å². The first-order valence-corrected chi connectivity index (χ1v) is 9.67. The Morgan fingerprint density at radius 2 is 1.93 bits per heavy atom. The van der Waals surface area contributed by atoms with Crippen molar-refractivity contribution in [3.63, 3.8) is 0 Å². The molecule has 1 saturated carbocycles. The van der Waals surface area contributed by atoms with Crippen molar-refractivity contribution < 1.29 is 9.53 Å². The number of nitrogens with one attached hydrogen (secondary N) is 2. The van der Waals surface area contributed by atoms with Crippen LogP contribution in [-0.2, 0) is 6.42 Å². The summed E-state index contributed by atoms with van der Waals surface area (Å²) in [5.41, 5.74) is 1.66. The van der Waals surface area contributed by atoms with Gasteiger partial charge in [0.2, 0.25) is 0 Å². The summed E-state index contributed by atoms with van der Waals surface area (Å²) in [5, 5.41) is 6.45. The van der Waals surface area contributed by atoms with Gasteiger partial charge in [-0.2, -0.15) is 0 Å². The van der Waals surface area contributed by atoms with Gasteiger partial charge in [-0.3, -0.25) is 4.79 Å². The number of methoxy groups -OCH3 is 1. The highest BCUT2D eigenvalue weighted by Crippen LogP contribution is 2.22. The molecule has 0 aliphatic heterocycles. The fourth-order valence-corrected chi connectivity index (χ4v) is 3.39. The Labute approximate surface area is 160 Å². The molecule has 6 nitrogen and oxygen atoms in total. The zero-order valence-corrected chi connectivity index (χ0v) is 16.1. The van der Waals surface area contributed by atoms with Crippen molar-refractivity contribution in [2.75, 3.05) is 19.0 Å². The maximum atomic E-state index is 12.7. The molecule has 3 rings (SSSR count). The van der Waals surface area contributed by atoms with Gasteiger partial charge in [-0.1, -0.05) is 31.4 Å². The molecule has 0 atom stereocenters. The van der Waals surface area contributed by atoms with Gasteiger partial charge in [0.05, 0.1) is 7.11 Å². The number of carbonyl (C=O) groups is 1. The third kappa shape index (κ3) is 5.42. The van der Waals surface area contributed by atoms with Crippen LogP contribution < -0.4 is 15.4 Å². The van der Waals surface area contributed by atoms with Crippen LogP contribution in [0.3, 0.4) is 0 Å². The first-order valence-electron chi connectivity index (χ1n) is 9.67. The summed E-state index contributed by atoms with van der Waals surface area (Å²) < 4.78 is 5.16. The fraction of sp³-hybridized carbons (Fsp3) is 0.476. The van der Waals surface area contributed by atoms with Crippen molar-refractivity contribution in [1.82, 2.24) is 15.3 Å². The van der Waals surface area contributed by atoms with Crippen LogP contribution in [0.25, 0.3) is 0 Å². The number of aryl methyl sites for hydroxylation is 1. The van der Waals surface area contributed by atoms with E-state index in [1.165, 1.54) is 19.3 Å². The highest BCUT2D eigenvalue weighted by molar-refractivity contribution is 5.98. The number of carbonyl (C=O) groups excluding carboxylic acids is 1. The minimum absolute atomic E-state index is 0.137. The highest BCUT2D eigenvalue weighted by atomic mass is 16.5. The molecule has 1 aromatic heterocycles. The average molecular weight is 368 g/mol. The molecule has 2 N–H and O–H groups in total. The van der Waals surface area contributed by atoms with Gasteiger partial charge in [0, 0.05) is 18.8 Å². The number of ether oxygens (including phenoxy) is 1. The number of rotatable bonds is 7. The number of hydrogen-bond donors (Lipinski definition) is 2. The van der Waals surface area contributed by atoms with Crippen molar-refractivity contribution in [3.8, 4) is 5.75 Å². The van der Waals surface area contributed by atoms with Crippen molar-refractivity contribution in [1.29, 1.82) is 0 Å². The van der Waals surface area contributed by atoms with Crippen LogP contribution in [0.15, 0.2) is 30.5 Å². The smallest absolute Gasteiger partial charge is 0.256 e. The molecule has 0 unspecified atom stereocenters. The molecule has 1 heterocycles. The number of benzene rings is 1. The lowest BCUT2D eigenvalue weighted by atomic mass is 9.95. The SMILES string of the molecule is COc1ccc(CCNC(=O)c2cnc(C)nc2NC2CCCCC2)cc1. The summed E-state index contributed by atoms with van der Waals surface area (Å²) in [4.78, 5) is 21.3. The molecule has 0 radical (unpaired) electrons. The van der Waals surface area contributed by atoms with E-state index in [1.54, 1.807) is 13.3 Å². The van der Waals surface area contributed by atoms with Gasteiger partial charge in [0.15, 0.2) is 0 Å². The van der Waals surface area contributed by atoms with Gasteiger partial charge in [0.1, 0.15) is 23.0 Å². The second-order valence-electron chi connectivity index (χ2n) is 7.01. The molecular formula is C21H28N4O2. The lowest BCUT2D eigenvalue weighted by molar-refractivity contribution is 0.0954. The zero-order valence-electron chi connectivity index (χ0n) is 16.1. The van der Waals surface area contributed by atoms with E-state index in [1.807, 2.05) is 31.2 Å². The minimum atomic E-state index is -0.137. The normalized spacial score (nSPS) is 14.6. The predicted octanol–water partition coefficient (Wildman–Crippen LogP) is 3.51. The molecular weight excluding hydrogens is 340 g/mol. The Kier molecular flexibility index (Phi) is 6.63. The van der Waals surface area contributed by atoms with E-state index >= 15 is 0 Å². The Morgan fingerprint density at radius 1 is 1.19 bits per heavy atom. The quantitative estimate of drug-likeness (QED) is 0.782. The number of nitrogens with zero attached hydrogens (tertiary/aromatic N) is 2. The van der Waals surface area contributed by atoms with Crippen LogP contribution in [0.4, 0.5) is 5.82 Å². The molecule has 0 saturated heterocycles. The summed E-state index contributed by atoms with van der Waals surface area (Å²) in [6.07, 6.45) is 8.38. The molecule has 1 amide bonds. The van der Waals surface area contributed by atoms with Gasteiger partial charge in [-0.15, -0.1) is 0 Å². The molecule has 144 valence electrons. The summed E-state index contributed by atoms with van der Waals surface area (Å²) in [6.45, 7) is 2.40. The number of aromatic nitrogens is 2. The molecule has 0 bridgehead atoms. The third-order valence-electron chi connectivity index (χ3n) is 4.96. The van der Waals surface area contributed by atoms with Crippen molar-refractivity contribution in [2.45, 2.75) is 51.5 Å². The molecule has 1 aliphatic carbocycles. The van der Waals surface area contributed by atoms with Gasteiger partial charge < -0.3 is 15.4 Å². The zero-order chi connectivity index (χ0) is 19.1. The molecule has 1 aliphatic rings. The Balaban J connectivity index is 1.59. The fourth-order valence-electron chi connectivity index (χ4n) is 3.39. The monoisotopic (exact) mass is 368 g/mol. The largest absolute Gasteiger partial charge is 0.497 e. The standard InChI is InChI=1S/C21H28N4O2/c1-15-23-14-19(20(24-15)25-17-6-4-3-5-7-17)21(26)22-13-12-16-8-10-18(27-2)11-9-16/h8-11,14,17H,3-7,12-13H2,1-2H3,(H,22,26)(H,23,24,25). The average Bonchev–Trinajstić information content (AvgIpc) is 2.69. The summed E-state index contributed by atoms with van der Waals surface area (Å²) in [7, 11) is 1.65. The molecule has 6 heteroatoms. The second-order valence-corrected chi connectivity index (χ2v) is 7.01. The molecule has 27 heavy (non-hydrogen) atoms. The van der Waals surface area contributed by atoms with Crippen molar-refractivity contribution in [2.24, 2.45) is 0 Å². The van der Waals surface area contributed by atoms with Crippen LogP contribution in [0, 0.1) is 6.92 Å². The van der Waals surface area contributed by atoms with Gasteiger partial charge >= 0.3 is 0 Å². The van der Waals surface area contributed by atoms with Gasteiger partial charge in [0.25, 0.3) is 5.91 Å². The number of amides is 1. The molecule has 1 aromatic carbocycles.